The summed E-state index contributed by atoms with van der Waals surface area (Å²) in [4.78, 5) is 36.4. The van der Waals surface area contributed by atoms with E-state index < -0.39 is 24.1 Å². The van der Waals surface area contributed by atoms with Crippen LogP contribution in [0.4, 0.5) is 5.69 Å². The van der Waals surface area contributed by atoms with Crippen LogP contribution in [-0.4, -0.2) is 35.9 Å². The molecule has 0 bridgehead atoms. The van der Waals surface area contributed by atoms with E-state index >= 15 is 0 Å². The minimum Gasteiger partial charge on any atom is -0.492 e. The van der Waals surface area contributed by atoms with Gasteiger partial charge in [-0.1, -0.05) is 42.5 Å². The number of hydrogen-bond acceptors (Lipinski definition) is 4. The van der Waals surface area contributed by atoms with Gasteiger partial charge in [0.25, 0.3) is 0 Å². The van der Waals surface area contributed by atoms with Crippen LogP contribution in [0.3, 0.4) is 0 Å². The lowest BCUT2D eigenvalue weighted by atomic mass is 10.1. The molecule has 0 aliphatic rings. The van der Waals surface area contributed by atoms with Gasteiger partial charge in [0.05, 0.1) is 18.7 Å². The number of carbonyl (C=O) groups is 3. The number of amides is 1. The van der Waals surface area contributed by atoms with Crippen LogP contribution in [-0.2, 0) is 20.8 Å². The summed E-state index contributed by atoms with van der Waals surface area (Å²) in [5, 5.41) is 8.80. The van der Waals surface area contributed by atoms with Crippen LogP contribution in [0.2, 0.25) is 0 Å². The quantitative estimate of drug-likeness (QED) is 0.514. The highest BCUT2D eigenvalue weighted by atomic mass is 16.5. The summed E-state index contributed by atoms with van der Waals surface area (Å²) in [7, 11) is 0. The molecule has 0 heterocycles. The van der Waals surface area contributed by atoms with Crippen molar-refractivity contribution >= 4 is 23.3 Å². The molecule has 0 fully saturated rings. The van der Waals surface area contributed by atoms with E-state index in [-0.39, 0.29) is 0 Å². The average molecular weight is 369 g/mol. The second-order valence-electron chi connectivity index (χ2n) is 5.94. The number of carboxylic acids is 1. The third kappa shape index (κ3) is 5.95. The molecule has 2 aromatic rings. The monoisotopic (exact) mass is 369 g/mol. The zero-order valence-corrected chi connectivity index (χ0v) is 15.3. The minimum absolute atomic E-state index is 0.352. The zero-order chi connectivity index (χ0) is 19.6. The summed E-state index contributed by atoms with van der Waals surface area (Å²) in [6, 6.07) is 16.9. The van der Waals surface area contributed by atoms with E-state index in [1.54, 1.807) is 24.3 Å². The topological polar surface area (TPSA) is 83.9 Å². The molecule has 0 saturated carbocycles. The lowest BCUT2D eigenvalue weighted by Gasteiger charge is -2.24. The first-order valence-corrected chi connectivity index (χ1v) is 8.85. The van der Waals surface area contributed by atoms with Crippen LogP contribution in [0.15, 0.2) is 54.6 Å². The first kappa shape index (κ1) is 20.2. The Balaban J connectivity index is 2.18. The van der Waals surface area contributed by atoms with Crippen molar-refractivity contribution in [1.82, 2.24) is 0 Å². The predicted molar refractivity (Wildman–Crippen MR) is 102 cm³/mol. The van der Waals surface area contributed by atoms with Gasteiger partial charge in [0.15, 0.2) is 0 Å². The summed E-state index contributed by atoms with van der Waals surface area (Å²) in [6.07, 6.45) is 0.743. The van der Waals surface area contributed by atoms with Crippen molar-refractivity contribution in [2.24, 2.45) is 0 Å². The summed E-state index contributed by atoms with van der Waals surface area (Å²) in [5.41, 5.74) is 1.68. The van der Waals surface area contributed by atoms with Crippen molar-refractivity contribution < 1.29 is 24.2 Å². The van der Waals surface area contributed by atoms with E-state index in [0.29, 0.717) is 31.0 Å². The van der Waals surface area contributed by atoms with Gasteiger partial charge in [0, 0.05) is 6.54 Å². The number of para-hydroxylation sites is 2. The van der Waals surface area contributed by atoms with E-state index in [1.807, 2.05) is 37.3 Å². The molecule has 6 nitrogen and oxygen atoms in total. The van der Waals surface area contributed by atoms with Gasteiger partial charge < -0.3 is 14.7 Å². The smallest absolute Gasteiger partial charge is 0.372 e. The summed E-state index contributed by atoms with van der Waals surface area (Å²) < 4.78 is 5.59. The van der Waals surface area contributed by atoms with E-state index in [9.17, 15) is 14.4 Å². The van der Waals surface area contributed by atoms with Gasteiger partial charge in [-0.05, 0) is 37.5 Å². The van der Waals surface area contributed by atoms with E-state index in [4.69, 9.17) is 9.84 Å². The molecule has 2 rings (SSSR count). The van der Waals surface area contributed by atoms with Crippen molar-refractivity contribution in [3.8, 4) is 5.75 Å². The maximum Gasteiger partial charge on any atom is 0.372 e. The second-order valence-corrected chi connectivity index (χ2v) is 5.94. The summed E-state index contributed by atoms with van der Waals surface area (Å²) >= 11 is 0. The second kappa shape index (κ2) is 10.1. The highest BCUT2D eigenvalue weighted by molar-refractivity contribution is 6.36. The van der Waals surface area contributed by atoms with Crippen LogP contribution in [0.1, 0.15) is 25.3 Å². The Bertz CT molecular complexity index is 788. The minimum atomic E-state index is -1.61. The number of hydrogen-bond donors (Lipinski definition) is 1. The summed E-state index contributed by atoms with van der Waals surface area (Å²) in [6.45, 7) is 2.62. The van der Waals surface area contributed by atoms with Crippen LogP contribution in [0.5, 0.6) is 5.75 Å². The SMILES string of the molecule is CCOc1ccccc1N(CCCc1ccccc1)C(=O)CC(=O)C(=O)O. The Hall–Kier alpha value is -3.15. The number of aryl methyl sites for hydroxylation is 1. The van der Waals surface area contributed by atoms with Gasteiger partial charge >= 0.3 is 5.97 Å². The molecule has 0 atom stereocenters. The Morgan fingerprint density at radius 1 is 1.00 bits per heavy atom. The molecule has 2 aromatic carbocycles. The fraction of sp³-hybridized carbons (Fsp3) is 0.286. The third-order valence-electron chi connectivity index (χ3n) is 4.00. The van der Waals surface area contributed by atoms with Gasteiger partial charge in [-0.2, -0.15) is 0 Å². The van der Waals surface area contributed by atoms with E-state index in [2.05, 4.69) is 0 Å². The molecular weight excluding hydrogens is 346 g/mol. The number of ketones is 1. The largest absolute Gasteiger partial charge is 0.492 e. The van der Waals surface area contributed by atoms with Crippen molar-refractivity contribution in [2.45, 2.75) is 26.2 Å². The Morgan fingerprint density at radius 2 is 1.67 bits per heavy atom. The fourth-order valence-electron chi connectivity index (χ4n) is 2.73. The van der Waals surface area contributed by atoms with Gasteiger partial charge in [0.1, 0.15) is 5.75 Å². The molecule has 0 saturated heterocycles. The predicted octanol–water partition coefficient (Wildman–Crippen LogP) is 3.09. The normalized spacial score (nSPS) is 10.3. The number of anilines is 1. The molecule has 0 spiro atoms. The molecule has 27 heavy (non-hydrogen) atoms. The highest BCUT2D eigenvalue weighted by Gasteiger charge is 2.24. The number of benzene rings is 2. The molecule has 1 amide bonds. The van der Waals surface area contributed by atoms with Crippen LogP contribution >= 0.6 is 0 Å². The molecule has 6 heteroatoms. The van der Waals surface area contributed by atoms with Crippen molar-refractivity contribution in [2.75, 3.05) is 18.1 Å². The number of carbonyl (C=O) groups excluding carboxylic acids is 2. The zero-order valence-electron chi connectivity index (χ0n) is 15.3. The molecule has 0 radical (unpaired) electrons. The number of aliphatic carboxylic acids is 1. The van der Waals surface area contributed by atoms with Crippen LogP contribution in [0, 0.1) is 0 Å². The Labute approximate surface area is 158 Å². The maximum atomic E-state index is 12.6. The van der Waals surface area contributed by atoms with Gasteiger partial charge in [0.2, 0.25) is 11.7 Å². The Kier molecular flexibility index (Phi) is 7.55. The molecule has 1 N–H and O–H groups in total. The molecule has 142 valence electrons. The molecule has 0 aliphatic carbocycles. The van der Waals surface area contributed by atoms with Gasteiger partial charge in [-0.3, -0.25) is 9.59 Å². The molecule has 0 aromatic heterocycles. The number of nitrogens with zero attached hydrogens (tertiary/aromatic N) is 1. The summed E-state index contributed by atoms with van der Waals surface area (Å²) in [5.74, 6) is -2.76. The van der Waals surface area contributed by atoms with Crippen molar-refractivity contribution in [3.63, 3.8) is 0 Å². The number of ether oxygens (including phenoxy) is 1. The first-order valence-electron chi connectivity index (χ1n) is 8.85. The molecule has 0 unspecified atom stereocenters. The van der Waals surface area contributed by atoms with Crippen LogP contribution in [0.25, 0.3) is 0 Å². The third-order valence-corrected chi connectivity index (χ3v) is 4.00. The fourth-order valence-corrected chi connectivity index (χ4v) is 2.73. The Morgan fingerprint density at radius 3 is 2.33 bits per heavy atom. The number of Topliss-reactive ketones (excluding diaryl/α,β-unsaturated/α-hetero) is 1. The molecule has 0 aliphatic heterocycles. The van der Waals surface area contributed by atoms with Gasteiger partial charge in [-0.25, -0.2) is 4.79 Å². The number of carboxylic acid groups (broad SMARTS) is 1. The lowest BCUT2D eigenvalue weighted by Crippen LogP contribution is -2.35. The van der Waals surface area contributed by atoms with Gasteiger partial charge in [-0.15, -0.1) is 0 Å². The average Bonchev–Trinajstić information content (AvgIpc) is 2.67. The van der Waals surface area contributed by atoms with E-state index in [1.165, 1.54) is 4.90 Å². The van der Waals surface area contributed by atoms with Crippen molar-refractivity contribution in [1.29, 1.82) is 0 Å². The lowest BCUT2D eigenvalue weighted by molar-refractivity contribution is -0.150. The van der Waals surface area contributed by atoms with E-state index in [0.717, 1.165) is 12.0 Å². The van der Waals surface area contributed by atoms with Crippen LogP contribution < -0.4 is 9.64 Å². The standard InChI is InChI=1S/C21H23NO5/c1-2-27-19-13-7-6-12-17(19)22(20(24)15-18(23)21(25)26)14-8-11-16-9-4-3-5-10-16/h3-7,9-10,12-13H,2,8,11,14-15H2,1H3,(H,25,26). The first-order chi connectivity index (χ1) is 13.0. The maximum absolute atomic E-state index is 12.6. The highest BCUT2D eigenvalue weighted by Crippen LogP contribution is 2.29. The molecular formula is C21H23NO5. The number of rotatable bonds is 10. The van der Waals surface area contributed by atoms with Crippen molar-refractivity contribution in [3.05, 3.63) is 60.2 Å².